The van der Waals surface area contributed by atoms with Gasteiger partial charge in [-0.1, -0.05) is 0 Å². The molecule has 0 bridgehead atoms. The SMILES string of the molecule is [O-][NH+]1C=Nc2cc(O)ccc21. The lowest BCUT2D eigenvalue weighted by Crippen LogP contribution is -2.99. The maximum absolute atomic E-state index is 10.9. The Morgan fingerprint density at radius 2 is 2.27 bits per heavy atom. The van der Waals surface area contributed by atoms with Crippen molar-refractivity contribution in [3.63, 3.8) is 0 Å². The molecule has 0 radical (unpaired) electrons. The van der Waals surface area contributed by atoms with Crippen molar-refractivity contribution in [3.8, 4) is 5.75 Å². The lowest BCUT2D eigenvalue weighted by Gasteiger charge is -2.10. The summed E-state index contributed by atoms with van der Waals surface area (Å²) >= 11 is 0. The van der Waals surface area contributed by atoms with Gasteiger partial charge in [-0.2, -0.15) is 4.99 Å². The first kappa shape index (κ1) is 6.33. The lowest BCUT2D eigenvalue weighted by atomic mass is 10.2. The third-order valence-electron chi connectivity index (χ3n) is 1.57. The minimum absolute atomic E-state index is 0.0972. The number of hydroxylamine groups is 1. The Kier molecular flexibility index (Phi) is 1.18. The van der Waals surface area contributed by atoms with Crippen LogP contribution >= 0.6 is 0 Å². The number of hydrogen-bond donors (Lipinski definition) is 2. The maximum Gasteiger partial charge on any atom is 0.194 e. The molecule has 0 amide bonds. The predicted molar refractivity (Wildman–Crippen MR) is 40.2 cm³/mol. The summed E-state index contributed by atoms with van der Waals surface area (Å²) in [5, 5.41) is 19.8. The van der Waals surface area contributed by atoms with Gasteiger partial charge in [-0.05, 0) is 6.07 Å². The zero-order chi connectivity index (χ0) is 7.84. The third-order valence-corrected chi connectivity index (χ3v) is 1.57. The van der Waals surface area contributed by atoms with Crippen molar-refractivity contribution >= 4 is 17.7 Å². The molecule has 11 heavy (non-hydrogen) atoms. The number of quaternary nitrogens is 1. The molecule has 4 heteroatoms. The predicted octanol–water partition coefficient (Wildman–Crippen LogP) is 0.0798. The Balaban J connectivity index is 2.58. The van der Waals surface area contributed by atoms with Gasteiger partial charge in [0.1, 0.15) is 11.4 Å². The van der Waals surface area contributed by atoms with Gasteiger partial charge >= 0.3 is 0 Å². The number of nitrogens with one attached hydrogen (secondary N) is 1. The van der Waals surface area contributed by atoms with E-state index in [1.54, 1.807) is 6.07 Å². The van der Waals surface area contributed by atoms with Crippen LogP contribution < -0.4 is 5.06 Å². The van der Waals surface area contributed by atoms with Crippen molar-refractivity contribution in [2.75, 3.05) is 0 Å². The van der Waals surface area contributed by atoms with E-state index < -0.39 is 0 Å². The van der Waals surface area contributed by atoms with Gasteiger partial charge in [0.2, 0.25) is 0 Å². The van der Waals surface area contributed by atoms with Gasteiger partial charge in [0, 0.05) is 12.1 Å². The Labute approximate surface area is 63.0 Å². The molecule has 1 atom stereocenters. The van der Waals surface area contributed by atoms with Crippen LogP contribution in [-0.2, 0) is 0 Å². The number of rotatable bonds is 0. The topological polar surface area (TPSA) is 60.1 Å². The smallest absolute Gasteiger partial charge is 0.194 e. The van der Waals surface area contributed by atoms with Crippen LogP contribution in [0.2, 0.25) is 0 Å². The third kappa shape index (κ3) is 0.886. The van der Waals surface area contributed by atoms with Crippen molar-refractivity contribution < 1.29 is 10.2 Å². The Morgan fingerprint density at radius 3 is 3.09 bits per heavy atom. The quantitative estimate of drug-likeness (QED) is 0.406. The van der Waals surface area contributed by atoms with Gasteiger partial charge in [-0.15, -0.1) is 0 Å². The number of fused-ring (bicyclic) bond motifs is 1. The van der Waals surface area contributed by atoms with Crippen molar-refractivity contribution in [3.05, 3.63) is 23.4 Å². The molecule has 56 valence electrons. The van der Waals surface area contributed by atoms with Crippen LogP contribution in [0.4, 0.5) is 11.4 Å². The number of hydrogen-bond acceptors (Lipinski definition) is 3. The van der Waals surface area contributed by atoms with Gasteiger partial charge < -0.3 is 10.3 Å². The summed E-state index contributed by atoms with van der Waals surface area (Å²) in [5.41, 5.74) is 1.11. The van der Waals surface area contributed by atoms with Gasteiger partial charge in [0.05, 0.1) is 0 Å². The Hall–Kier alpha value is -1.39. The van der Waals surface area contributed by atoms with E-state index in [-0.39, 0.29) is 10.8 Å². The number of phenolic OH excluding ortho intramolecular Hbond substituents is 1. The van der Waals surface area contributed by atoms with E-state index >= 15 is 0 Å². The molecule has 0 aliphatic carbocycles. The second-order valence-corrected chi connectivity index (χ2v) is 2.32. The first-order chi connectivity index (χ1) is 5.27. The van der Waals surface area contributed by atoms with Crippen LogP contribution in [0.3, 0.4) is 0 Å². The molecule has 2 N–H and O–H groups in total. The van der Waals surface area contributed by atoms with Crippen LogP contribution in [-0.4, -0.2) is 11.4 Å². The normalized spacial score (nSPS) is 20.3. The number of aromatic hydroxyl groups is 1. The average molecular weight is 150 g/mol. The molecule has 0 spiro atoms. The molecule has 1 aliphatic heterocycles. The summed E-state index contributed by atoms with van der Waals surface area (Å²) in [4.78, 5) is 3.81. The number of nitrogens with zero attached hydrogens (tertiary/aromatic N) is 1. The minimum Gasteiger partial charge on any atom is -0.623 e. The summed E-state index contributed by atoms with van der Waals surface area (Å²) in [6.45, 7) is 0. The molecule has 4 nitrogen and oxygen atoms in total. The highest BCUT2D eigenvalue weighted by molar-refractivity contribution is 5.73. The highest BCUT2D eigenvalue weighted by Crippen LogP contribution is 2.27. The van der Waals surface area contributed by atoms with E-state index in [0.29, 0.717) is 11.4 Å². The molecule has 2 rings (SSSR count). The fourth-order valence-corrected chi connectivity index (χ4v) is 1.03. The van der Waals surface area contributed by atoms with E-state index in [4.69, 9.17) is 5.11 Å². The molecule has 0 fully saturated rings. The van der Waals surface area contributed by atoms with E-state index in [9.17, 15) is 5.21 Å². The van der Waals surface area contributed by atoms with Gasteiger partial charge in [-0.25, -0.2) is 0 Å². The van der Waals surface area contributed by atoms with Crippen molar-refractivity contribution in [2.45, 2.75) is 0 Å². The number of aliphatic imine (C=N–C) groups is 1. The lowest BCUT2D eigenvalue weighted by molar-refractivity contribution is -0.655. The van der Waals surface area contributed by atoms with E-state index in [1.807, 2.05) is 0 Å². The second kappa shape index (κ2) is 2.05. The summed E-state index contributed by atoms with van der Waals surface area (Å²) in [6, 6.07) is 4.52. The maximum atomic E-state index is 10.9. The van der Waals surface area contributed by atoms with Gasteiger partial charge in [-0.3, -0.25) is 5.06 Å². The molecule has 1 aliphatic rings. The molecule has 1 aromatic carbocycles. The van der Waals surface area contributed by atoms with Crippen molar-refractivity contribution in [2.24, 2.45) is 4.99 Å². The van der Waals surface area contributed by atoms with Crippen molar-refractivity contribution in [1.29, 1.82) is 0 Å². The number of phenols is 1. The van der Waals surface area contributed by atoms with E-state index in [2.05, 4.69) is 4.99 Å². The molecular weight excluding hydrogens is 144 g/mol. The largest absolute Gasteiger partial charge is 0.623 e. The summed E-state index contributed by atoms with van der Waals surface area (Å²) < 4.78 is 0. The molecule has 1 heterocycles. The fourth-order valence-electron chi connectivity index (χ4n) is 1.03. The van der Waals surface area contributed by atoms with Crippen LogP contribution in [0.15, 0.2) is 23.2 Å². The first-order valence-corrected chi connectivity index (χ1v) is 3.19. The first-order valence-electron chi connectivity index (χ1n) is 3.19. The Bertz CT molecular complexity index is 322. The highest BCUT2D eigenvalue weighted by Gasteiger charge is 2.13. The average Bonchev–Trinajstić information content (AvgIpc) is 2.32. The zero-order valence-electron chi connectivity index (χ0n) is 5.61. The standard InChI is InChI=1S/C7H6N2O2/c10-5-1-2-7-6(3-5)8-4-9(7)11/h1-4,9-10H. The highest BCUT2D eigenvalue weighted by atomic mass is 16.5. The monoisotopic (exact) mass is 150 g/mol. The van der Waals surface area contributed by atoms with Crippen LogP contribution in [0.25, 0.3) is 0 Å². The van der Waals surface area contributed by atoms with Crippen LogP contribution in [0.5, 0.6) is 5.75 Å². The van der Waals surface area contributed by atoms with E-state index in [1.165, 1.54) is 18.5 Å². The molecule has 1 aromatic rings. The molecule has 0 saturated heterocycles. The second-order valence-electron chi connectivity index (χ2n) is 2.32. The van der Waals surface area contributed by atoms with Gasteiger partial charge in [0.25, 0.3) is 0 Å². The summed E-state index contributed by atoms with van der Waals surface area (Å²) in [7, 11) is 0. The van der Waals surface area contributed by atoms with E-state index in [0.717, 1.165) is 0 Å². The van der Waals surface area contributed by atoms with Crippen LogP contribution in [0, 0.1) is 5.21 Å². The molecular formula is C7H6N2O2. The molecule has 0 saturated carbocycles. The zero-order valence-corrected chi connectivity index (χ0v) is 5.61. The van der Waals surface area contributed by atoms with Crippen molar-refractivity contribution in [1.82, 2.24) is 0 Å². The number of benzene rings is 1. The summed E-state index contributed by atoms with van der Waals surface area (Å²) in [5.74, 6) is 0.135. The minimum atomic E-state index is -0.0972. The molecule has 1 unspecified atom stereocenters. The Morgan fingerprint density at radius 1 is 1.45 bits per heavy atom. The molecule has 0 aromatic heterocycles. The summed E-state index contributed by atoms with van der Waals surface area (Å²) in [6.07, 6.45) is 1.25. The van der Waals surface area contributed by atoms with Gasteiger partial charge in [0.15, 0.2) is 12.0 Å². The van der Waals surface area contributed by atoms with Crippen LogP contribution in [0.1, 0.15) is 0 Å². The fraction of sp³-hybridized carbons (Fsp3) is 0.